The number of rotatable bonds is 2. The Morgan fingerprint density at radius 2 is 2.18 bits per heavy atom. The lowest BCUT2D eigenvalue weighted by Gasteiger charge is -2.32. The number of nitriles is 1. The van der Waals surface area contributed by atoms with Crippen LogP contribution in [0.5, 0.6) is 0 Å². The summed E-state index contributed by atoms with van der Waals surface area (Å²) in [5.41, 5.74) is 1.31. The van der Waals surface area contributed by atoms with E-state index in [1.807, 2.05) is 19.2 Å². The summed E-state index contributed by atoms with van der Waals surface area (Å²) in [5.74, 6) is 0.348. The summed E-state index contributed by atoms with van der Waals surface area (Å²) in [7, 11) is 1.97. The number of pyridine rings is 1. The molecule has 0 atom stereocenters. The zero-order valence-electron chi connectivity index (χ0n) is 9.89. The van der Waals surface area contributed by atoms with Gasteiger partial charge in [0.05, 0.1) is 5.69 Å². The van der Waals surface area contributed by atoms with Gasteiger partial charge in [0.25, 0.3) is 0 Å². The highest BCUT2D eigenvalue weighted by molar-refractivity contribution is 5.79. The van der Waals surface area contributed by atoms with Gasteiger partial charge in [0, 0.05) is 32.1 Å². The highest BCUT2D eigenvalue weighted by atomic mass is 16.1. The Morgan fingerprint density at radius 3 is 2.82 bits per heavy atom. The fourth-order valence-electron chi connectivity index (χ4n) is 2.28. The Hall–Kier alpha value is -1.89. The minimum atomic E-state index is 0.337. The molecule has 0 spiro atoms. The lowest BCUT2D eigenvalue weighted by Crippen LogP contribution is -2.35. The maximum atomic E-state index is 11.2. The second kappa shape index (κ2) is 4.96. The van der Waals surface area contributed by atoms with Gasteiger partial charge in [-0.15, -0.1) is 0 Å². The molecule has 0 aliphatic heterocycles. The molecule has 0 aromatic carbocycles. The summed E-state index contributed by atoms with van der Waals surface area (Å²) >= 11 is 0. The molecule has 0 unspecified atom stereocenters. The molecule has 1 aliphatic carbocycles. The van der Waals surface area contributed by atoms with Crippen LogP contribution in [0.4, 0.5) is 5.69 Å². The molecule has 0 amide bonds. The number of ketones is 1. The number of anilines is 1. The second-order valence-corrected chi connectivity index (χ2v) is 4.36. The summed E-state index contributed by atoms with van der Waals surface area (Å²) in [6.07, 6.45) is 4.67. The van der Waals surface area contributed by atoms with Gasteiger partial charge in [-0.3, -0.25) is 4.79 Å². The van der Waals surface area contributed by atoms with E-state index in [1.54, 1.807) is 6.20 Å². The molecule has 1 aliphatic rings. The molecule has 0 radical (unpaired) electrons. The smallest absolute Gasteiger partial charge is 0.163 e. The first-order chi connectivity index (χ1) is 8.22. The predicted octanol–water partition coefficient (Wildman–Crippen LogP) is 1.90. The lowest BCUT2D eigenvalue weighted by atomic mass is 9.93. The number of nitrogens with zero attached hydrogens (tertiary/aromatic N) is 3. The molecule has 1 aromatic heterocycles. The SMILES string of the molecule is CN(c1cccnc1C#N)C1CCC(=O)CC1. The lowest BCUT2D eigenvalue weighted by molar-refractivity contribution is -0.120. The van der Waals surface area contributed by atoms with Crippen LogP contribution in [-0.4, -0.2) is 23.9 Å². The fourth-order valence-corrected chi connectivity index (χ4v) is 2.28. The maximum Gasteiger partial charge on any atom is 0.163 e. The Bertz CT molecular complexity index is 454. The minimum absolute atomic E-state index is 0.337. The van der Waals surface area contributed by atoms with E-state index in [2.05, 4.69) is 16.0 Å². The van der Waals surface area contributed by atoms with Crippen molar-refractivity contribution in [2.24, 2.45) is 0 Å². The van der Waals surface area contributed by atoms with E-state index in [4.69, 9.17) is 5.26 Å². The van der Waals surface area contributed by atoms with Crippen LogP contribution in [0.25, 0.3) is 0 Å². The van der Waals surface area contributed by atoms with E-state index in [9.17, 15) is 4.79 Å². The van der Waals surface area contributed by atoms with Gasteiger partial charge >= 0.3 is 0 Å². The first-order valence-corrected chi connectivity index (χ1v) is 5.82. The van der Waals surface area contributed by atoms with Crippen LogP contribution < -0.4 is 4.90 Å². The van der Waals surface area contributed by atoms with Crippen LogP contribution in [0.1, 0.15) is 31.4 Å². The molecule has 0 saturated heterocycles. The highest BCUT2D eigenvalue weighted by Crippen LogP contribution is 2.25. The number of hydrogen-bond donors (Lipinski definition) is 0. The normalized spacial score (nSPS) is 16.6. The largest absolute Gasteiger partial charge is 0.369 e. The molecular weight excluding hydrogens is 214 g/mol. The van der Waals surface area contributed by atoms with Crippen LogP contribution in [0.15, 0.2) is 18.3 Å². The maximum absolute atomic E-state index is 11.2. The summed E-state index contributed by atoms with van der Waals surface area (Å²) < 4.78 is 0. The third-order valence-electron chi connectivity index (χ3n) is 3.33. The number of carbonyl (C=O) groups is 1. The zero-order chi connectivity index (χ0) is 12.3. The number of hydrogen-bond acceptors (Lipinski definition) is 4. The van der Waals surface area contributed by atoms with Crippen LogP contribution in [-0.2, 0) is 4.79 Å². The first-order valence-electron chi connectivity index (χ1n) is 5.82. The van der Waals surface area contributed by atoms with Crippen molar-refractivity contribution in [2.75, 3.05) is 11.9 Å². The predicted molar refractivity (Wildman–Crippen MR) is 64.6 cm³/mol. The van der Waals surface area contributed by atoms with Gasteiger partial charge in [0.1, 0.15) is 11.9 Å². The fraction of sp³-hybridized carbons (Fsp3) is 0.462. The minimum Gasteiger partial charge on any atom is -0.369 e. The molecule has 17 heavy (non-hydrogen) atoms. The van der Waals surface area contributed by atoms with Crippen molar-refractivity contribution in [1.29, 1.82) is 5.26 Å². The van der Waals surface area contributed by atoms with Gasteiger partial charge in [-0.2, -0.15) is 5.26 Å². The molecular formula is C13H15N3O. The third-order valence-corrected chi connectivity index (χ3v) is 3.33. The zero-order valence-corrected chi connectivity index (χ0v) is 9.89. The summed E-state index contributed by atoms with van der Waals surface area (Å²) in [5, 5.41) is 9.01. The summed E-state index contributed by atoms with van der Waals surface area (Å²) in [6.45, 7) is 0. The van der Waals surface area contributed by atoms with Crippen LogP contribution in [0.3, 0.4) is 0 Å². The quantitative estimate of drug-likeness (QED) is 0.777. The van der Waals surface area contributed by atoms with Gasteiger partial charge in [-0.05, 0) is 25.0 Å². The summed E-state index contributed by atoms with van der Waals surface area (Å²) in [4.78, 5) is 17.3. The topological polar surface area (TPSA) is 57.0 Å². The average Bonchev–Trinajstić information content (AvgIpc) is 2.39. The molecule has 2 rings (SSSR count). The van der Waals surface area contributed by atoms with Gasteiger partial charge in [0.15, 0.2) is 5.69 Å². The Labute approximate surface area is 101 Å². The number of carbonyl (C=O) groups excluding carboxylic acids is 1. The first kappa shape index (κ1) is 11.6. The monoisotopic (exact) mass is 229 g/mol. The van der Waals surface area contributed by atoms with Crippen molar-refractivity contribution in [1.82, 2.24) is 4.98 Å². The summed E-state index contributed by atoms with van der Waals surface area (Å²) in [6, 6.07) is 6.18. The van der Waals surface area contributed by atoms with Crippen molar-refractivity contribution in [3.63, 3.8) is 0 Å². The molecule has 0 bridgehead atoms. The molecule has 0 N–H and O–H groups in total. The van der Waals surface area contributed by atoms with E-state index < -0.39 is 0 Å². The van der Waals surface area contributed by atoms with Crippen molar-refractivity contribution in [3.8, 4) is 6.07 Å². The number of Topliss-reactive ketones (excluding diaryl/α,β-unsaturated/α-hetero) is 1. The molecule has 88 valence electrons. The van der Waals surface area contributed by atoms with E-state index in [-0.39, 0.29) is 0 Å². The van der Waals surface area contributed by atoms with Crippen LogP contribution >= 0.6 is 0 Å². The Morgan fingerprint density at radius 1 is 1.47 bits per heavy atom. The van der Waals surface area contributed by atoms with Gasteiger partial charge in [0.2, 0.25) is 0 Å². The van der Waals surface area contributed by atoms with Crippen LogP contribution in [0, 0.1) is 11.3 Å². The molecule has 1 heterocycles. The van der Waals surface area contributed by atoms with Crippen molar-refractivity contribution in [2.45, 2.75) is 31.7 Å². The molecule has 1 fully saturated rings. The van der Waals surface area contributed by atoms with Crippen molar-refractivity contribution in [3.05, 3.63) is 24.0 Å². The van der Waals surface area contributed by atoms with Gasteiger partial charge in [-0.25, -0.2) is 4.98 Å². The van der Waals surface area contributed by atoms with E-state index in [0.717, 1.165) is 18.5 Å². The van der Waals surface area contributed by atoms with E-state index >= 15 is 0 Å². The van der Waals surface area contributed by atoms with E-state index in [0.29, 0.717) is 30.4 Å². The van der Waals surface area contributed by atoms with Crippen molar-refractivity contribution < 1.29 is 4.79 Å². The highest BCUT2D eigenvalue weighted by Gasteiger charge is 2.23. The van der Waals surface area contributed by atoms with Crippen LogP contribution in [0.2, 0.25) is 0 Å². The number of aromatic nitrogens is 1. The average molecular weight is 229 g/mol. The molecule has 1 saturated carbocycles. The molecule has 4 nitrogen and oxygen atoms in total. The van der Waals surface area contributed by atoms with Crippen molar-refractivity contribution >= 4 is 11.5 Å². The Kier molecular flexibility index (Phi) is 3.38. The van der Waals surface area contributed by atoms with E-state index in [1.165, 1.54) is 0 Å². The second-order valence-electron chi connectivity index (χ2n) is 4.36. The standard InChI is InChI=1S/C13H15N3O/c1-16(10-4-6-11(17)7-5-10)13-3-2-8-15-12(13)9-14/h2-3,8,10H,4-7H2,1H3. The molecule has 4 heteroatoms. The van der Waals surface area contributed by atoms with Gasteiger partial charge in [-0.1, -0.05) is 0 Å². The molecule has 1 aromatic rings. The third kappa shape index (κ3) is 2.44. The van der Waals surface area contributed by atoms with Gasteiger partial charge < -0.3 is 4.90 Å². The Balaban J connectivity index is 2.17.